The molecule has 2 unspecified atom stereocenters. The van der Waals surface area contributed by atoms with Gasteiger partial charge in [-0.2, -0.15) is 0 Å². The Balaban J connectivity index is 1.84. The quantitative estimate of drug-likeness (QED) is 0.354. The number of aliphatic hydroxyl groups is 3. The predicted molar refractivity (Wildman–Crippen MR) is 80.9 cm³/mol. The first kappa shape index (κ1) is 16.5. The van der Waals surface area contributed by atoms with Gasteiger partial charge in [0, 0.05) is 17.8 Å². The molecule has 2 aliphatic heterocycles. The normalized spacial score (nSPS) is 55.1. The molecule has 2 saturated heterocycles. The second-order valence-electron chi connectivity index (χ2n) is 7.82. The molecule has 4 aliphatic rings. The molecule has 8 atom stereocenters. The lowest BCUT2D eigenvalue weighted by Gasteiger charge is -2.58. The lowest BCUT2D eigenvalue weighted by Crippen LogP contribution is -2.67. The summed E-state index contributed by atoms with van der Waals surface area (Å²) in [5.74, 6) is -0.400. The maximum atomic E-state index is 11.4. The van der Waals surface area contributed by atoms with Crippen molar-refractivity contribution in [1.29, 1.82) is 0 Å². The van der Waals surface area contributed by atoms with Crippen molar-refractivity contribution in [2.24, 2.45) is 10.8 Å². The van der Waals surface area contributed by atoms with Crippen molar-refractivity contribution >= 4 is 5.97 Å². The molecule has 3 N–H and O–H groups in total. The first-order valence-corrected chi connectivity index (χ1v) is 8.35. The van der Waals surface area contributed by atoms with Crippen LogP contribution in [0.25, 0.3) is 0 Å². The molecule has 0 aromatic rings. The van der Waals surface area contributed by atoms with Crippen molar-refractivity contribution in [2.75, 3.05) is 13.2 Å². The van der Waals surface area contributed by atoms with E-state index in [2.05, 4.69) is 0 Å². The minimum Gasteiger partial charge on any atom is -0.458 e. The highest BCUT2D eigenvalue weighted by molar-refractivity contribution is 5.66. The Hall–Kier alpha value is -0.990. The molecule has 7 nitrogen and oxygen atoms in total. The predicted octanol–water partition coefficient (Wildman–Crippen LogP) is -0.475. The van der Waals surface area contributed by atoms with Gasteiger partial charge in [-0.1, -0.05) is 13.0 Å². The van der Waals surface area contributed by atoms with E-state index in [-0.39, 0.29) is 6.61 Å². The second-order valence-corrected chi connectivity index (χ2v) is 7.82. The summed E-state index contributed by atoms with van der Waals surface area (Å²) >= 11 is 0. The molecular formula is C17H24O7. The van der Waals surface area contributed by atoms with E-state index in [1.165, 1.54) is 6.92 Å². The third-order valence-corrected chi connectivity index (χ3v) is 6.95. The van der Waals surface area contributed by atoms with Crippen molar-refractivity contribution in [3.63, 3.8) is 0 Å². The molecule has 1 spiro atoms. The Morgan fingerprint density at radius 3 is 2.67 bits per heavy atom. The Bertz CT molecular complexity index is 612. The molecule has 3 fully saturated rings. The van der Waals surface area contributed by atoms with Gasteiger partial charge in [0.25, 0.3) is 0 Å². The number of hydrogen-bond acceptors (Lipinski definition) is 7. The molecule has 1 saturated carbocycles. The van der Waals surface area contributed by atoms with Crippen LogP contribution in [0.1, 0.15) is 27.2 Å². The summed E-state index contributed by atoms with van der Waals surface area (Å²) < 4.78 is 17.2. The molecule has 134 valence electrons. The van der Waals surface area contributed by atoms with Crippen LogP contribution in [0.5, 0.6) is 0 Å². The molecule has 24 heavy (non-hydrogen) atoms. The highest BCUT2D eigenvalue weighted by atomic mass is 16.6. The fourth-order valence-electron chi connectivity index (χ4n) is 5.38. The molecule has 4 rings (SSSR count). The smallest absolute Gasteiger partial charge is 0.303 e. The zero-order valence-electron chi connectivity index (χ0n) is 14.1. The number of carbonyl (C=O) groups is 1. The average molecular weight is 340 g/mol. The van der Waals surface area contributed by atoms with Crippen molar-refractivity contribution in [3.8, 4) is 0 Å². The number of aliphatic hydroxyl groups excluding tert-OH is 3. The minimum absolute atomic E-state index is 0.267. The van der Waals surface area contributed by atoms with Gasteiger partial charge in [-0.05, 0) is 18.9 Å². The standard InChI is InChI=1S/C17H24O7/c1-8-4-11-16(6-18,5-10(8)23-9(2)19)15(3)13(21)12(20)14(24-11)17(15)7-22-17/h4,10-14,18,20-21H,5-7H2,1-3H3/t10-,11+,12+,13+,14+,15?,16+,17?/m0/s1. The van der Waals surface area contributed by atoms with Crippen molar-refractivity contribution in [1.82, 2.24) is 0 Å². The number of esters is 1. The van der Waals surface area contributed by atoms with Gasteiger partial charge >= 0.3 is 5.97 Å². The molecule has 2 aliphatic carbocycles. The summed E-state index contributed by atoms with van der Waals surface area (Å²) in [6, 6.07) is 0. The summed E-state index contributed by atoms with van der Waals surface area (Å²) in [5.41, 5.74) is -1.77. The van der Waals surface area contributed by atoms with Crippen LogP contribution in [0.15, 0.2) is 11.6 Å². The highest BCUT2D eigenvalue weighted by Gasteiger charge is 2.84. The molecule has 0 amide bonds. The molecule has 0 radical (unpaired) electrons. The Kier molecular flexibility index (Phi) is 3.29. The van der Waals surface area contributed by atoms with E-state index in [0.717, 1.165) is 5.57 Å². The van der Waals surface area contributed by atoms with Crippen LogP contribution in [0.2, 0.25) is 0 Å². The van der Waals surface area contributed by atoms with Gasteiger partial charge in [0.15, 0.2) is 0 Å². The van der Waals surface area contributed by atoms with Crippen LogP contribution < -0.4 is 0 Å². The summed E-state index contributed by atoms with van der Waals surface area (Å²) in [7, 11) is 0. The van der Waals surface area contributed by atoms with Crippen LogP contribution in [-0.2, 0) is 19.0 Å². The summed E-state index contributed by atoms with van der Waals surface area (Å²) in [5, 5.41) is 31.7. The fraction of sp³-hybridized carbons (Fsp3) is 0.824. The number of epoxide rings is 1. The number of rotatable bonds is 2. The Labute approximate surface area is 140 Å². The topological polar surface area (TPSA) is 109 Å². The van der Waals surface area contributed by atoms with Crippen LogP contribution in [0.4, 0.5) is 0 Å². The van der Waals surface area contributed by atoms with Gasteiger partial charge in [0.1, 0.15) is 23.9 Å². The SMILES string of the molecule is CC(=O)O[C@H]1C[C@@]2(CO)[C@@H](C=C1C)O[C@@H]1[C@H](O)[C@@H](O)C2(C)C12CO2. The third-order valence-electron chi connectivity index (χ3n) is 6.95. The highest BCUT2D eigenvalue weighted by Crippen LogP contribution is 2.71. The van der Waals surface area contributed by atoms with E-state index in [4.69, 9.17) is 14.2 Å². The molecule has 2 heterocycles. The summed E-state index contributed by atoms with van der Waals surface area (Å²) in [6.45, 7) is 5.15. The maximum absolute atomic E-state index is 11.4. The van der Waals surface area contributed by atoms with Gasteiger partial charge in [-0.3, -0.25) is 4.79 Å². The van der Waals surface area contributed by atoms with E-state index in [9.17, 15) is 20.1 Å². The average Bonchev–Trinajstić information content (AvgIpc) is 3.31. The number of carbonyl (C=O) groups excluding carboxylic acids is 1. The van der Waals surface area contributed by atoms with Gasteiger partial charge in [0.2, 0.25) is 0 Å². The Morgan fingerprint density at radius 2 is 2.12 bits per heavy atom. The van der Waals surface area contributed by atoms with Crippen LogP contribution in [0, 0.1) is 10.8 Å². The first-order chi connectivity index (χ1) is 11.2. The molecular weight excluding hydrogens is 316 g/mol. The molecule has 0 aromatic carbocycles. The van der Waals surface area contributed by atoms with E-state index in [1.54, 1.807) is 0 Å². The van der Waals surface area contributed by atoms with E-state index in [0.29, 0.717) is 13.0 Å². The van der Waals surface area contributed by atoms with E-state index < -0.39 is 52.9 Å². The number of ether oxygens (including phenoxy) is 3. The summed E-state index contributed by atoms with van der Waals surface area (Å²) in [4.78, 5) is 11.4. The summed E-state index contributed by atoms with van der Waals surface area (Å²) in [6.07, 6.45) is -1.61. The third kappa shape index (κ3) is 1.62. The van der Waals surface area contributed by atoms with Gasteiger partial charge in [-0.15, -0.1) is 0 Å². The minimum atomic E-state index is -1.09. The first-order valence-electron chi connectivity index (χ1n) is 8.35. The van der Waals surface area contributed by atoms with Gasteiger partial charge in [-0.25, -0.2) is 0 Å². The largest absolute Gasteiger partial charge is 0.458 e. The van der Waals surface area contributed by atoms with Crippen molar-refractivity contribution < 1.29 is 34.3 Å². The van der Waals surface area contributed by atoms with Gasteiger partial charge < -0.3 is 29.5 Å². The van der Waals surface area contributed by atoms with Crippen LogP contribution in [0.3, 0.4) is 0 Å². The second kappa shape index (κ2) is 4.80. The molecule has 2 bridgehead atoms. The lowest BCUT2D eigenvalue weighted by atomic mass is 9.51. The fourth-order valence-corrected chi connectivity index (χ4v) is 5.38. The van der Waals surface area contributed by atoms with Crippen LogP contribution in [-0.4, -0.2) is 70.6 Å². The van der Waals surface area contributed by atoms with Crippen molar-refractivity contribution in [3.05, 3.63) is 11.6 Å². The molecule has 7 heteroatoms. The van der Waals surface area contributed by atoms with Crippen LogP contribution >= 0.6 is 0 Å². The van der Waals surface area contributed by atoms with E-state index >= 15 is 0 Å². The Morgan fingerprint density at radius 1 is 1.46 bits per heavy atom. The number of hydrogen-bond donors (Lipinski definition) is 3. The monoisotopic (exact) mass is 340 g/mol. The lowest BCUT2D eigenvalue weighted by molar-refractivity contribution is -0.235. The maximum Gasteiger partial charge on any atom is 0.303 e. The van der Waals surface area contributed by atoms with E-state index in [1.807, 2.05) is 19.9 Å². The van der Waals surface area contributed by atoms with Gasteiger partial charge in [0.05, 0.1) is 25.4 Å². The zero-order chi connectivity index (χ0) is 17.5. The molecule has 0 aromatic heterocycles. The van der Waals surface area contributed by atoms with Crippen molar-refractivity contribution in [2.45, 2.75) is 63.3 Å². The number of fused-ring (bicyclic) bond motifs is 2. The zero-order valence-corrected chi connectivity index (χ0v) is 14.1.